The molecule has 9 heteroatoms. The fourth-order valence-electron chi connectivity index (χ4n) is 4.31. The van der Waals surface area contributed by atoms with Crippen molar-refractivity contribution >= 4 is 15.9 Å². The van der Waals surface area contributed by atoms with Gasteiger partial charge in [0.15, 0.2) is 11.5 Å². The Morgan fingerprint density at radius 2 is 1.73 bits per heavy atom. The predicted octanol–water partition coefficient (Wildman–Crippen LogP) is 3.51. The summed E-state index contributed by atoms with van der Waals surface area (Å²) >= 11 is 0. The number of benzene rings is 2. The molecule has 2 aromatic rings. The normalized spacial score (nSPS) is 18.2. The van der Waals surface area contributed by atoms with Crippen LogP contribution < -0.4 is 14.8 Å². The van der Waals surface area contributed by atoms with Gasteiger partial charge in [0, 0.05) is 19.0 Å². The third-order valence-electron chi connectivity index (χ3n) is 6.17. The molecular formula is C24H29FN2O5S. The van der Waals surface area contributed by atoms with E-state index in [1.54, 1.807) is 0 Å². The van der Waals surface area contributed by atoms with Crippen LogP contribution in [0.2, 0.25) is 0 Å². The van der Waals surface area contributed by atoms with E-state index in [9.17, 15) is 17.6 Å². The maximum absolute atomic E-state index is 14.0. The Bertz CT molecular complexity index is 1110. The molecule has 2 heterocycles. The average Bonchev–Trinajstić information content (AvgIpc) is 2.82. The predicted molar refractivity (Wildman–Crippen MR) is 121 cm³/mol. The number of sulfonamides is 1. The fourth-order valence-corrected chi connectivity index (χ4v) is 5.85. The lowest BCUT2D eigenvalue weighted by Crippen LogP contribution is -2.44. The van der Waals surface area contributed by atoms with Crippen molar-refractivity contribution in [3.8, 4) is 11.5 Å². The molecule has 1 N–H and O–H groups in total. The van der Waals surface area contributed by atoms with Gasteiger partial charge in [0.25, 0.3) is 0 Å². The Balaban J connectivity index is 1.41. The number of carbonyl (C=O) groups excluding carboxylic acids is 1. The number of hydrogen-bond donors (Lipinski definition) is 1. The van der Waals surface area contributed by atoms with E-state index in [0.717, 1.165) is 11.6 Å². The van der Waals surface area contributed by atoms with Crippen LogP contribution in [-0.4, -0.2) is 44.9 Å². The zero-order valence-electron chi connectivity index (χ0n) is 18.8. The monoisotopic (exact) mass is 476 g/mol. The van der Waals surface area contributed by atoms with Gasteiger partial charge in [-0.3, -0.25) is 4.79 Å². The van der Waals surface area contributed by atoms with E-state index in [0.29, 0.717) is 37.6 Å². The van der Waals surface area contributed by atoms with Crippen LogP contribution in [0.4, 0.5) is 4.39 Å². The molecule has 0 aromatic heterocycles. The summed E-state index contributed by atoms with van der Waals surface area (Å²) in [6.07, 6.45) is 0.761. The van der Waals surface area contributed by atoms with Crippen LogP contribution >= 0.6 is 0 Å². The Morgan fingerprint density at radius 3 is 2.39 bits per heavy atom. The molecule has 0 radical (unpaired) electrons. The molecule has 1 unspecified atom stereocenters. The maximum Gasteiger partial charge on any atom is 0.245 e. The molecule has 2 aliphatic heterocycles. The first-order chi connectivity index (χ1) is 15.8. The number of ether oxygens (including phenoxy) is 2. The van der Waals surface area contributed by atoms with Crippen molar-refractivity contribution in [1.29, 1.82) is 0 Å². The molecule has 0 aliphatic carbocycles. The summed E-state index contributed by atoms with van der Waals surface area (Å²) in [5.41, 5.74) is 0.933. The smallest absolute Gasteiger partial charge is 0.245 e. The van der Waals surface area contributed by atoms with Crippen LogP contribution in [0.1, 0.15) is 38.3 Å². The molecule has 1 amide bonds. The molecule has 7 nitrogen and oxygen atoms in total. The highest BCUT2D eigenvalue weighted by atomic mass is 32.2. The van der Waals surface area contributed by atoms with Crippen molar-refractivity contribution in [2.45, 2.75) is 37.6 Å². The van der Waals surface area contributed by atoms with Crippen LogP contribution in [-0.2, 0) is 14.8 Å². The van der Waals surface area contributed by atoms with Gasteiger partial charge >= 0.3 is 0 Å². The molecule has 2 aromatic carbocycles. The van der Waals surface area contributed by atoms with Gasteiger partial charge in [-0.05, 0) is 48.6 Å². The summed E-state index contributed by atoms with van der Waals surface area (Å²) in [5.74, 6) is 0.323. The Morgan fingerprint density at radius 1 is 1.06 bits per heavy atom. The lowest BCUT2D eigenvalue weighted by Gasteiger charge is -2.32. The van der Waals surface area contributed by atoms with E-state index >= 15 is 0 Å². The highest BCUT2D eigenvalue weighted by molar-refractivity contribution is 7.89. The van der Waals surface area contributed by atoms with Crippen molar-refractivity contribution < 1.29 is 27.1 Å². The number of halogens is 1. The second kappa shape index (κ2) is 9.69. The van der Waals surface area contributed by atoms with Crippen LogP contribution in [0.3, 0.4) is 0 Å². The number of hydrogen-bond acceptors (Lipinski definition) is 5. The zero-order chi connectivity index (χ0) is 23.6. The van der Waals surface area contributed by atoms with Crippen LogP contribution in [0.15, 0.2) is 47.4 Å². The first kappa shape index (κ1) is 23.5. The van der Waals surface area contributed by atoms with Gasteiger partial charge in [0.2, 0.25) is 15.9 Å². The number of carbonyl (C=O) groups is 1. The van der Waals surface area contributed by atoms with Gasteiger partial charge in [0.1, 0.15) is 23.9 Å². The number of nitrogens with one attached hydrogen (secondary N) is 1. The van der Waals surface area contributed by atoms with Crippen molar-refractivity contribution in [2.75, 3.05) is 26.3 Å². The Kier molecular flexibility index (Phi) is 6.90. The minimum Gasteiger partial charge on any atom is -0.486 e. The van der Waals surface area contributed by atoms with E-state index in [1.807, 2.05) is 32.0 Å². The van der Waals surface area contributed by atoms with Crippen LogP contribution in [0, 0.1) is 17.7 Å². The zero-order valence-corrected chi connectivity index (χ0v) is 19.6. The molecular weight excluding hydrogens is 447 g/mol. The highest BCUT2D eigenvalue weighted by Crippen LogP contribution is 2.35. The molecule has 0 spiro atoms. The van der Waals surface area contributed by atoms with Gasteiger partial charge in [-0.25, -0.2) is 12.8 Å². The third kappa shape index (κ3) is 4.99. The number of fused-ring (bicyclic) bond motifs is 1. The van der Waals surface area contributed by atoms with Crippen molar-refractivity contribution in [1.82, 2.24) is 9.62 Å². The van der Waals surface area contributed by atoms with E-state index < -0.39 is 15.8 Å². The van der Waals surface area contributed by atoms with Gasteiger partial charge in [-0.1, -0.05) is 32.0 Å². The summed E-state index contributed by atoms with van der Waals surface area (Å²) < 4.78 is 52.2. The minimum absolute atomic E-state index is 0.105. The molecule has 1 fully saturated rings. The minimum atomic E-state index is -3.93. The highest BCUT2D eigenvalue weighted by Gasteiger charge is 2.34. The summed E-state index contributed by atoms with van der Waals surface area (Å²) in [4.78, 5) is 12.7. The van der Waals surface area contributed by atoms with Crippen molar-refractivity contribution in [3.63, 3.8) is 0 Å². The number of nitrogens with zero attached hydrogens (tertiary/aromatic N) is 1. The van der Waals surface area contributed by atoms with E-state index in [2.05, 4.69) is 5.32 Å². The first-order valence-corrected chi connectivity index (χ1v) is 12.7. The summed E-state index contributed by atoms with van der Waals surface area (Å²) in [7, 11) is -3.93. The van der Waals surface area contributed by atoms with Crippen LogP contribution in [0.5, 0.6) is 11.5 Å². The van der Waals surface area contributed by atoms with Crippen molar-refractivity contribution in [3.05, 3.63) is 53.8 Å². The summed E-state index contributed by atoms with van der Waals surface area (Å²) in [6.45, 7) is 5.42. The molecule has 0 saturated carbocycles. The largest absolute Gasteiger partial charge is 0.486 e. The van der Waals surface area contributed by atoms with Crippen LogP contribution in [0.25, 0.3) is 0 Å². The van der Waals surface area contributed by atoms with E-state index in [1.165, 1.54) is 22.5 Å². The molecule has 1 saturated heterocycles. The lowest BCUT2D eigenvalue weighted by molar-refractivity contribution is -0.127. The quantitative estimate of drug-likeness (QED) is 0.690. The maximum atomic E-state index is 14.0. The molecule has 1 atom stereocenters. The molecule has 33 heavy (non-hydrogen) atoms. The van der Waals surface area contributed by atoms with Gasteiger partial charge in [0.05, 0.1) is 6.04 Å². The SMILES string of the molecule is CC(C)C(NC(=O)C1CCN(S(=O)(=O)c2ccccc2F)CC1)c1ccc2c(c1)OCCO2. The molecule has 0 bridgehead atoms. The standard InChI is InChI=1S/C24H29FN2O5S/c1-16(2)23(18-7-8-20-21(15-18)32-14-13-31-20)26-24(28)17-9-11-27(12-10-17)33(29,30)22-6-4-3-5-19(22)25/h3-8,15-17,23H,9-14H2,1-2H3,(H,26,28). The van der Waals surface area contributed by atoms with Gasteiger partial charge < -0.3 is 14.8 Å². The topological polar surface area (TPSA) is 84.9 Å². The number of amides is 1. The molecule has 2 aliphatic rings. The van der Waals surface area contributed by atoms with E-state index in [4.69, 9.17) is 9.47 Å². The van der Waals surface area contributed by atoms with Gasteiger partial charge in [-0.15, -0.1) is 0 Å². The second-order valence-corrected chi connectivity index (χ2v) is 10.6. The first-order valence-electron chi connectivity index (χ1n) is 11.2. The van der Waals surface area contributed by atoms with E-state index in [-0.39, 0.29) is 41.8 Å². The average molecular weight is 477 g/mol. The Labute approximate surface area is 193 Å². The van der Waals surface area contributed by atoms with Crippen molar-refractivity contribution in [2.24, 2.45) is 11.8 Å². The molecule has 4 rings (SSSR count). The third-order valence-corrected chi connectivity index (χ3v) is 8.10. The Hall–Kier alpha value is -2.65. The summed E-state index contributed by atoms with van der Waals surface area (Å²) in [6, 6.07) is 10.8. The second-order valence-electron chi connectivity index (χ2n) is 8.74. The summed E-state index contributed by atoms with van der Waals surface area (Å²) in [5, 5.41) is 3.14. The number of piperidine rings is 1. The number of rotatable bonds is 6. The fraction of sp³-hybridized carbons (Fsp3) is 0.458. The van der Waals surface area contributed by atoms with Gasteiger partial charge in [-0.2, -0.15) is 4.31 Å². The lowest BCUT2D eigenvalue weighted by atomic mass is 9.92. The molecule has 178 valence electrons.